The summed E-state index contributed by atoms with van der Waals surface area (Å²) in [4.78, 5) is 0. The Labute approximate surface area is 129 Å². The average molecular weight is 290 g/mol. The van der Waals surface area contributed by atoms with Crippen LogP contribution >= 0.6 is 0 Å². The first-order valence-corrected chi connectivity index (χ1v) is 8.39. The van der Waals surface area contributed by atoms with Gasteiger partial charge in [-0.1, -0.05) is 44.8 Å². The second kappa shape index (κ2) is 11.2. The lowest BCUT2D eigenvalue weighted by Crippen LogP contribution is -1.86. The molecule has 2 nitrogen and oxygen atoms in total. The third-order valence-corrected chi connectivity index (χ3v) is 3.69. The molecule has 0 spiro atoms. The molecule has 0 aliphatic rings. The van der Waals surface area contributed by atoms with Crippen LogP contribution in [0.4, 0.5) is 0 Å². The smallest absolute Gasteiger partial charge is 0.119 e. The van der Waals surface area contributed by atoms with Gasteiger partial charge in [-0.05, 0) is 56.2 Å². The molecular weight excluding hydrogens is 260 g/mol. The van der Waals surface area contributed by atoms with Gasteiger partial charge in [0.1, 0.15) is 11.5 Å². The van der Waals surface area contributed by atoms with E-state index < -0.39 is 0 Å². The van der Waals surface area contributed by atoms with Crippen molar-refractivity contribution in [1.29, 1.82) is 0 Å². The molecule has 0 aliphatic heterocycles. The maximum absolute atomic E-state index is 9.40. The van der Waals surface area contributed by atoms with Gasteiger partial charge in [-0.3, -0.25) is 0 Å². The molecule has 0 heterocycles. The molecule has 0 aromatic heterocycles. The number of hydrogen-bond acceptors (Lipinski definition) is 2. The van der Waals surface area contributed by atoms with Crippen LogP contribution in [-0.2, 0) is 6.42 Å². The van der Waals surface area contributed by atoms with Gasteiger partial charge in [0.05, 0.1) is 0 Å². The zero-order valence-electron chi connectivity index (χ0n) is 13.4. The number of aryl methyl sites for hydroxylation is 1. The highest BCUT2D eigenvalue weighted by molar-refractivity contribution is 5.36. The van der Waals surface area contributed by atoms with E-state index in [9.17, 15) is 10.2 Å². The summed E-state index contributed by atoms with van der Waals surface area (Å²) in [6.07, 6.45) is 16.8. The summed E-state index contributed by atoms with van der Waals surface area (Å²) in [6, 6.07) is 4.83. The fourth-order valence-electron chi connectivity index (χ4n) is 2.49. The van der Waals surface area contributed by atoms with E-state index in [1.165, 1.54) is 57.4 Å². The van der Waals surface area contributed by atoms with Crippen LogP contribution in [0.15, 0.2) is 30.4 Å². The Morgan fingerprint density at radius 2 is 1.33 bits per heavy atom. The van der Waals surface area contributed by atoms with Crippen molar-refractivity contribution in [2.75, 3.05) is 0 Å². The third kappa shape index (κ3) is 9.17. The fourth-order valence-corrected chi connectivity index (χ4v) is 2.49. The molecule has 1 rings (SSSR count). The second-order valence-corrected chi connectivity index (χ2v) is 5.78. The minimum atomic E-state index is 0.149. The number of unbranched alkanes of at least 4 members (excludes halogenated alkanes) is 7. The van der Waals surface area contributed by atoms with Crippen molar-refractivity contribution in [3.63, 3.8) is 0 Å². The number of rotatable bonds is 11. The van der Waals surface area contributed by atoms with Crippen LogP contribution in [0.3, 0.4) is 0 Å². The van der Waals surface area contributed by atoms with Gasteiger partial charge >= 0.3 is 0 Å². The molecule has 2 N–H and O–H groups in total. The summed E-state index contributed by atoms with van der Waals surface area (Å²) < 4.78 is 0. The molecule has 0 fully saturated rings. The van der Waals surface area contributed by atoms with Crippen LogP contribution < -0.4 is 0 Å². The summed E-state index contributed by atoms with van der Waals surface area (Å²) in [6.45, 7) is 2.24. The summed E-state index contributed by atoms with van der Waals surface area (Å²) in [5.74, 6) is 0.298. The van der Waals surface area contributed by atoms with Crippen molar-refractivity contribution in [2.24, 2.45) is 0 Å². The van der Waals surface area contributed by atoms with E-state index in [0.29, 0.717) is 0 Å². The SMILES string of the molecule is CCCCCC/C=C\CCCCCc1cc(O)cc(O)c1. The summed E-state index contributed by atoms with van der Waals surface area (Å²) in [5, 5.41) is 18.8. The molecule has 2 heteroatoms. The molecule has 0 radical (unpaired) electrons. The topological polar surface area (TPSA) is 40.5 Å². The highest BCUT2D eigenvalue weighted by Crippen LogP contribution is 2.21. The van der Waals surface area contributed by atoms with Gasteiger partial charge < -0.3 is 10.2 Å². The van der Waals surface area contributed by atoms with Crippen molar-refractivity contribution in [1.82, 2.24) is 0 Å². The van der Waals surface area contributed by atoms with Crippen molar-refractivity contribution >= 4 is 0 Å². The lowest BCUT2D eigenvalue weighted by molar-refractivity contribution is 0.449. The van der Waals surface area contributed by atoms with Crippen LogP contribution in [0.5, 0.6) is 11.5 Å². The molecule has 0 aliphatic carbocycles. The molecule has 0 saturated carbocycles. The summed E-state index contributed by atoms with van der Waals surface area (Å²) >= 11 is 0. The Morgan fingerprint density at radius 1 is 0.762 bits per heavy atom. The number of hydrogen-bond donors (Lipinski definition) is 2. The maximum Gasteiger partial charge on any atom is 0.119 e. The van der Waals surface area contributed by atoms with Crippen LogP contribution in [-0.4, -0.2) is 10.2 Å². The molecule has 1 aromatic carbocycles. The van der Waals surface area contributed by atoms with Crippen LogP contribution in [0.2, 0.25) is 0 Å². The second-order valence-electron chi connectivity index (χ2n) is 5.78. The van der Waals surface area contributed by atoms with E-state index in [2.05, 4.69) is 19.1 Å². The normalized spacial score (nSPS) is 11.3. The highest BCUT2D eigenvalue weighted by Gasteiger charge is 1.99. The molecule has 0 saturated heterocycles. The predicted octanol–water partition coefficient (Wildman–Crippen LogP) is 5.73. The standard InChI is InChI=1S/C19H30O2/c1-2-3-4-5-6-7-8-9-10-11-12-13-17-14-18(20)16-19(21)15-17/h7-8,14-16,20-21H,2-6,9-13H2,1H3/b8-7-. The van der Waals surface area contributed by atoms with E-state index in [1.807, 2.05) is 0 Å². The van der Waals surface area contributed by atoms with E-state index in [4.69, 9.17) is 0 Å². The van der Waals surface area contributed by atoms with Crippen molar-refractivity contribution in [2.45, 2.75) is 71.1 Å². The molecule has 0 atom stereocenters. The first-order valence-electron chi connectivity index (χ1n) is 8.39. The fraction of sp³-hybridized carbons (Fsp3) is 0.579. The molecule has 1 aromatic rings. The van der Waals surface area contributed by atoms with Gasteiger partial charge in [0.2, 0.25) is 0 Å². The van der Waals surface area contributed by atoms with Crippen LogP contribution in [0.1, 0.15) is 70.3 Å². The van der Waals surface area contributed by atoms with Crippen LogP contribution in [0.25, 0.3) is 0 Å². The van der Waals surface area contributed by atoms with Gasteiger partial charge in [-0.2, -0.15) is 0 Å². The molecular formula is C19H30O2. The van der Waals surface area contributed by atoms with Crippen molar-refractivity contribution in [3.8, 4) is 11.5 Å². The van der Waals surface area contributed by atoms with E-state index in [-0.39, 0.29) is 11.5 Å². The molecule has 21 heavy (non-hydrogen) atoms. The average Bonchev–Trinajstić information content (AvgIpc) is 2.44. The summed E-state index contributed by atoms with van der Waals surface area (Å²) in [7, 11) is 0. The van der Waals surface area contributed by atoms with Gasteiger partial charge in [0.25, 0.3) is 0 Å². The lowest BCUT2D eigenvalue weighted by Gasteiger charge is -2.03. The van der Waals surface area contributed by atoms with Crippen molar-refractivity contribution < 1.29 is 10.2 Å². The molecule has 0 amide bonds. The first-order chi connectivity index (χ1) is 10.2. The largest absolute Gasteiger partial charge is 0.508 e. The van der Waals surface area contributed by atoms with E-state index >= 15 is 0 Å². The third-order valence-electron chi connectivity index (χ3n) is 3.69. The number of allylic oxidation sites excluding steroid dienone is 2. The maximum atomic E-state index is 9.40. The molecule has 0 unspecified atom stereocenters. The van der Waals surface area contributed by atoms with Gasteiger partial charge in [0.15, 0.2) is 0 Å². The first kappa shape index (κ1) is 17.6. The highest BCUT2D eigenvalue weighted by atomic mass is 16.3. The number of phenolic OH excluding ortho intramolecular Hbond substituents is 2. The van der Waals surface area contributed by atoms with E-state index in [0.717, 1.165) is 18.4 Å². The lowest BCUT2D eigenvalue weighted by atomic mass is 10.1. The van der Waals surface area contributed by atoms with Gasteiger partial charge in [0, 0.05) is 6.07 Å². The Kier molecular flexibility index (Phi) is 9.43. The van der Waals surface area contributed by atoms with Crippen molar-refractivity contribution in [3.05, 3.63) is 35.9 Å². The Bertz CT molecular complexity index is 390. The molecule has 0 bridgehead atoms. The number of phenols is 2. The van der Waals surface area contributed by atoms with E-state index in [1.54, 1.807) is 12.1 Å². The van der Waals surface area contributed by atoms with Crippen LogP contribution in [0, 0.1) is 0 Å². The Hall–Kier alpha value is -1.44. The monoisotopic (exact) mass is 290 g/mol. The number of aromatic hydroxyl groups is 2. The Morgan fingerprint density at radius 3 is 1.90 bits per heavy atom. The summed E-state index contributed by atoms with van der Waals surface area (Å²) in [5.41, 5.74) is 1.01. The number of benzene rings is 1. The minimum absolute atomic E-state index is 0.149. The predicted molar refractivity (Wildman–Crippen MR) is 89.8 cm³/mol. The van der Waals surface area contributed by atoms with Gasteiger partial charge in [-0.15, -0.1) is 0 Å². The molecule has 118 valence electrons. The zero-order valence-corrected chi connectivity index (χ0v) is 13.4. The Balaban J connectivity index is 2.00. The minimum Gasteiger partial charge on any atom is -0.508 e. The quantitative estimate of drug-likeness (QED) is 0.404. The van der Waals surface area contributed by atoms with Gasteiger partial charge in [-0.25, -0.2) is 0 Å². The zero-order chi connectivity index (χ0) is 15.3.